The van der Waals surface area contributed by atoms with Crippen LogP contribution in [0.3, 0.4) is 0 Å². The van der Waals surface area contributed by atoms with Gasteiger partial charge in [-0.25, -0.2) is 4.99 Å². The van der Waals surface area contributed by atoms with Crippen LogP contribution in [-0.2, 0) is 0 Å². The van der Waals surface area contributed by atoms with E-state index in [9.17, 15) is 0 Å². The molecule has 0 aliphatic carbocycles. The third-order valence-electron chi connectivity index (χ3n) is 1.57. The summed E-state index contributed by atoms with van der Waals surface area (Å²) >= 11 is 5.03. The molecule has 1 atom stereocenters. The highest BCUT2D eigenvalue weighted by Gasteiger charge is 2.10. The maximum absolute atomic E-state index is 4.37. The average molecular weight is 243 g/mol. The third kappa shape index (κ3) is 1.59. The van der Waals surface area contributed by atoms with E-state index in [-0.39, 0.29) is 6.04 Å². The van der Waals surface area contributed by atoms with Crippen molar-refractivity contribution in [3.8, 4) is 0 Å². The lowest BCUT2D eigenvalue weighted by atomic mass is 10.2. The van der Waals surface area contributed by atoms with Crippen LogP contribution in [0, 0.1) is 0 Å². The van der Waals surface area contributed by atoms with E-state index in [0.717, 1.165) is 4.74 Å². The summed E-state index contributed by atoms with van der Waals surface area (Å²) in [5, 5.41) is 5.03. The number of aliphatic imine (C=N–C) groups is 1. The van der Waals surface area contributed by atoms with Crippen LogP contribution in [0.2, 0.25) is 0 Å². The number of nitrogens with one attached hydrogen (secondary N) is 1. The van der Waals surface area contributed by atoms with Crippen LogP contribution >= 0.6 is 27.3 Å². The zero-order valence-electron chi connectivity index (χ0n) is 6.20. The van der Waals surface area contributed by atoms with Crippen molar-refractivity contribution in [2.45, 2.75) is 6.04 Å². The van der Waals surface area contributed by atoms with E-state index in [0.29, 0.717) is 0 Å². The number of thiophene rings is 1. The summed E-state index contributed by atoms with van der Waals surface area (Å²) in [6.07, 6.45) is 3.94. The fourth-order valence-electron chi connectivity index (χ4n) is 1.03. The molecule has 0 bridgehead atoms. The zero-order chi connectivity index (χ0) is 8.39. The van der Waals surface area contributed by atoms with Crippen LogP contribution in [0.1, 0.15) is 10.9 Å². The first-order valence-electron chi connectivity index (χ1n) is 3.56. The fraction of sp³-hybridized carbons (Fsp3) is 0.125. The van der Waals surface area contributed by atoms with Gasteiger partial charge in [0.25, 0.3) is 0 Å². The summed E-state index contributed by atoms with van der Waals surface area (Å²) in [6.45, 7) is 0. The predicted molar refractivity (Wildman–Crippen MR) is 55.7 cm³/mol. The maximum Gasteiger partial charge on any atom is 0.170 e. The Morgan fingerprint density at radius 2 is 2.50 bits per heavy atom. The van der Waals surface area contributed by atoms with E-state index in [2.05, 4.69) is 37.7 Å². The minimum Gasteiger partial charge on any atom is -0.341 e. The molecule has 1 aromatic heterocycles. The number of halogens is 1. The Labute approximate surface area is 83.1 Å². The molecule has 0 saturated carbocycles. The first-order valence-corrected chi connectivity index (χ1v) is 5.23. The van der Waals surface area contributed by atoms with Crippen molar-refractivity contribution in [1.82, 2.24) is 5.32 Å². The van der Waals surface area contributed by atoms with Gasteiger partial charge in [-0.1, -0.05) is 6.07 Å². The summed E-state index contributed by atoms with van der Waals surface area (Å²) < 4.78 is 0.795. The molecule has 0 fully saturated rings. The molecule has 1 unspecified atom stereocenters. The highest BCUT2D eigenvalue weighted by molar-refractivity contribution is 9.18. The van der Waals surface area contributed by atoms with Gasteiger partial charge in [0.1, 0.15) is 6.04 Å². The lowest BCUT2D eigenvalue weighted by Crippen LogP contribution is -2.15. The van der Waals surface area contributed by atoms with Crippen molar-refractivity contribution in [3.05, 3.63) is 34.7 Å². The zero-order valence-corrected chi connectivity index (χ0v) is 8.60. The van der Waals surface area contributed by atoms with Gasteiger partial charge in [-0.2, -0.15) is 0 Å². The third-order valence-corrected chi connectivity index (χ3v) is 2.94. The maximum atomic E-state index is 4.37. The van der Waals surface area contributed by atoms with Gasteiger partial charge in [0.15, 0.2) is 4.74 Å². The fourth-order valence-corrected chi connectivity index (χ4v) is 2.12. The molecule has 62 valence electrons. The van der Waals surface area contributed by atoms with Crippen molar-refractivity contribution in [3.63, 3.8) is 0 Å². The molecule has 1 aromatic rings. The summed E-state index contributed by atoms with van der Waals surface area (Å²) in [7, 11) is 0. The molecule has 4 heteroatoms. The number of hydrogen-bond donors (Lipinski definition) is 1. The molecule has 0 spiro atoms. The monoisotopic (exact) mass is 242 g/mol. The van der Waals surface area contributed by atoms with E-state index in [1.807, 2.05) is 18.3 Å². The van der Waals surface area contributed by atoms with Gasteiger partial charge in [0, 0.05) is 11.1 Å². The van der Waals surface area contributed by atoms with Crippen molar-refractivity contribution < 1.29 is 0 Å². The van der Waals surface area contributed by atoms with E-state index >= 15 is 0 Å². The molecule has 1 N–H and O–H groups in total. The van der Waals surface area contributed by atoms with Gasteiger partial charge in [0.2, 0.25) is 0 Å². The lowest BCUT2D eigenvalue weighted by Gasteiger charge is -2.11. The van der Waals surface area contributed by atoms with Crippen LogP contribution in [0.4, 0.5) is 0 Å². The molecule has 1 aliphatic heterocycles. The van der Waals surface area contributed by atoms with Crippen molar-refractivity contribution in [2.24, 2.45) is 4.99 Å². The van der Waals surface area contributed by atoms with Gasteiger partial charge < -0.3 is 5.32 Å². The lowest BCUT2D eigenvalue weighted by molar-refractivity contribution is 0.902. The quantitative estimate of drug-likeness (QED) is 0.753. The summed E-state index contributed by atoms with van der Waals surface area (Å²) in [6, 6.07) is 4.31. The summed E-state index contributed by atoms with van der Waals surface area (Å²) in [4.78, 5) is 5.64. The number of amidine groups is 1. The normalized spacial score (nSPS) is 21.8. The Kier molecular flexibility index (Phi) is 2.28. The van der Waals surface area contributed by atoms with Crippen LogP contribution in [0.15, 0.2) is 34.8 Å². The van der Waals surface area contributed by atoms with Crippen molar-refractivity contribution in [1.29, 1.82) is 0 Å². The first kappa shape index (κ1) is 8.01. The van der Waals surface area contributed by atoms with E-state index in [1.165, 1.54) is 4.88 Å². The molecule has 0 amide bonds. The molecule has 2 nitrogen and oxygen atoms in total. The van der Waals surface area contributed by atoms with Gasteiger partial charge in [0.05, 0.1) is 0 Å². The molecule has 1 aliphatic rings. The Hall–Kier alpha value is -0.610. The average Bonchev–Trinajstić information content (AvgIpc) is 2.56. The second-order valence-corrected chi connectivity index (χ2v) is 4.11. The van der Waals surface area contributed by atoms with Crippen molar-refractivity contribution in [2.75, 3.05) is 0 Å². The first-order chi connectivity index (χ1) is 5.86. The van der Waals surface area contributed by atoms with E-state index < -0.39 is 0 Å². The smallest absolute Gasteiger partial charge is 0.170 e. The van der Waals surface area contributed by atoms with Crippen LogP contribution in [-0.4, -0.2) is 4.74 Å². The molecule has 12 heavy (non-hydrogen) atoms. The van der Waals surface area contributed by atoms with Crippen molar-refractivity contribution >= 4 is 32.0 Å². The largest absolute Gasteiger partial charge is 0.341 e. The van der Waals surface area contributed by atoms with Crippen LogP contribution in [0.5, 0.6) is 0 Å². The number of rotatable bonds is 1. The Bertz CT molecular complexity index is 316. The highest BCUT2D eigenvalue weighted by Crippen LogP contribution is 2.25. The second kappa shape index (κ2) is 3.41. The molecular formula is C8H7BrN2S. The Balaban J connectivity index is 2.25. The Morgan fingerprint density at radius 3 is 3.17 bits per heavy atom. The number of hydrogen-bond acceptors (Lipinski definition) is 3. The highest BCUT2D eigenvalue weighted by atomic mass is 79.9. The minimum atomic E-state index is 0.181. The van der Waals surface area contributed by atoms with E-state index in [1.54, 1.807) is 11.3 Å². The molecule has 0 aromatic carbocycles. The number of nitrogens with zero attached hydrogens (tertiary/aromatic N) is 1. The molecule has 2 rings (SSSR count). The summed E-state index contributed by atoms with van der Waals surface area (Å²) in [5.74, 6) is 0. The van der Waals surface area contributed by atoms with Gasteiger partial charge in [-0.3, -0.25) is 0 Å². The van der Waals surface area contributed by atoms with Gasteiger partial charge in [-0.05, 0) is 33.5 Å². The van der Waals surface area contributed by atoms with Gasteiger partial charge in [-0.15, -0.1) is 11.3 Å². The van der Waals surface area contributed by atoms with Gasteiger partial charge >= 0.3 is 0 Å². The molecule has 0 radical (unpaired) electrons. The van der Waals surface area contributed by atoms with E-state index in [4.69, 9.17) is 0 Å². The molecule has 0 saturated heterocycles. The standard InChI is InChI=1S/C8H7BrN2S/c9-8-10-4-3-6(11-8)7-2-1-5-12-7/h1-6H,(H,10,11). The topological polar surface area (TPSA) is 24.4 Å². The summed E-state index contributed by atoms with van der Waals surface area (Å²) in [5.41, 5.74) is 0. The molecule has 2 heterocycles. The molecular weight excluding hydrogens is 236 g/mol. The minimum absolute atomic E-state index is 0.181. The van der Waals surface area contributed by atoms with Crippen LogP contribution < -0.4 is 5.32 Å². The predicted octanol–water partition coefficient (Wildman–Crippen LogP) is 2.66. The Morgan fingerprint density at radius 1 is 1.58 bits per heavy atom. The SMILES string of the molecule is BrC1=NC(c2cccs2)C=CN1. The second-order valence-electron chi connectivity index (χ2n) is 2.38. The van der Waals surface area contributed by atoms with Crippen LogP contribution in [0.25, 0.3) is 0 Å².